The van der Waals surface area contributed by atoms with Crippen molar-refractivity contribution in [2.75, 3.05) is 5.75 Å². The first kappa shape index (κ1) is 18.9. The van der Waals surface area contributed by atoms with E-state index in [9.17, 15) is 4.21 Å². The molecular formula is C17H33NO2S. The molecule has 1 aliphatic rings. The summed E-state index contributed by atoms with van der Waals surface area (Å²) in [5.74, 6) is 1.32. The molecule has 1 fully saturated rings. The van der Waals surface area contributed by atoms with Crippen molar-refractivity contribution in [3.8, 4) is 0 Å². The van der Waals surface area contributed by atoms with Crippen LogP contribution in [0.5, 0.6) is 0 Å². The summed E-state index contributed by atoms with van der Waals surface area (Å²) < 4.78 is 16.4. The van der Waals surface area contributed by atoms with Crippen molar-refractivity contribution in [3.63, 3.8) is 0 Å². The first-order valence-electron chi connectivity index (χ1n) is 8.57. The van der Waals surface area contributed by atoms with Crippen LogP contribution < -0.4 is 5.73 Å². The van der Waals surface area contributed by atoms with Crippen LogP contribution in [0.1, 0.15) is 71.6 Å². The summed E-state index contributed by atoms with van der Waals surface area (Å²) in [4.78, 5) is 0. The predicted molar refractivity (Wildman–Crippen MR) is 91.4 cm³/mol. The zero-order valence-corrected chi connectivity index (χ0v) is 14.6. The molecule has 1 heterocycles. The van der Waals surface area contributed by atoms with E-state index in [0.29, 0.717) is 5.75 Å². The maximum absolute atomic E-state index is 11.2. The molecule has 4 heteroatoms. The van der Waals surface area contributed by atoms with Crippen molar-refractivity contribution in [1.29, 1.82) is 0 Å². The van der Waals surface area contributed by atoms with Gasteiger partial charge in [-0.05, 0) is 18.8 Å². The molecule has 0 aromatic carbocycles. The maximum Gasteiger partial charge on any atom is 0.157 e. The van der Waals surface area contributed by atoms with Gasteiger partial charge in [-0.2, -0.15) is 0 Å². The largest absolute Gasteiger partial charge is 0.324 e. The van der Waals surface area contributed by atoms with E-state index in [-0.39, 0.29) is 12.1 Å². The van der Waals surface area contributed by atoms with E-state index in [1.807, 2.05) is 6.08 Å². The third-order valence-electron chi connectivity index (χ3n) is 3.95. The van der Waals surface area contributed by atoms with Gasteiger partial charge < -0.3 is 5.73 Å². The lowest BCUT2D eigenvalue weighted by molar-refractivity contribution is 0.283. The molecule has 0 aromatic heterocycles. The molecule has 0 bridgehead atoms. The van der Waals surface area contributed by atoms with E-state index in [2.05, 4.69) is 19.9 Å². The van der Waals surface area contributed by atoms with Crippen molar-refractivity contribution in [2.24, 2.45) is 11.7 Å². The van der Waals surface area contributed by atoms with E-state index >= 15 is 0 Å². The summed E-state index contributed by atoms with van der Waals surface area (Å²) in [6.45, 7) is 4.60. The van der Waals surface area contributed by atoms with Crippen LogP contribution in [0.15, 0.2) is 12.2 Å². The van der Waals surface area contributed by atoms with Crippen LogP contribution >= 0.6 is 0 Å². The maximum atomic E-state index is 11.2. The summed E-state index contributed by atoms with van der Waals surface area (Å²) in [6.07, 6.45) is 15.9. The van der Waals surface area contributed by atoms with Gasteiger partial charge in [0.15, 0.2) is 11.1 Å². The average Bonchev–Trinajstić information content (AvgIpc) is 2.74. The van der Waals surface area contributed by atoms with Crippen LogP contribution in [-0.4, -0.2) is 22.1 Å². The standard InChI is InChI=1S/C17H33NO2S/c1-15(2)12-10-8-6-4-3-5-7-9-11-13-17-16(18)14-21(19)20-17/h11,13,15-17H,3-10,12,14,18H2,1-2H3/b13-11+/t16-,17+,21?/m0/s1. The first-order chi connectivity index (χ1) is 10.1. The smallest absolute Gasteiger partial charge is 0.157 e. The monoisotopic (exact) mass is 315 g/mol. The van der Waals surface area contributed by atoms with Crippen LogP contribution in [0.2, 0.25) is 0 Å². The highest BCUT2D eigenvalue weighted by Crippen LogP contribution is 2.15. The molecule has 1 saturated heterocycles. The third-order valence-corrected chi connectivity index (χ3v) is 5.04. The summed E-state index contributed by atoms with van der Waals surface area (Å²) in [7, 11) is 0. The summed E-state index contributed by atoms with van der Waals surface area (Å²) >= 11 is -1.18. The van der Waals surface area contributed by atoms with Gasteiger partial charge >= 0.3 is 0 Å². The fraction of sp³-hybridized carbons (Fsp3) is 0.882. The number of rotatable bonds is 11. The Kier molecular flexibility index (Phi) is 10.2. The van der Waals surface area contributed by atoms with Gasteiger partial charge in [-0.25, -0.2) is 4.21 Å². The van der Waals surface area contributed by atoms with E-state index < -0.39 is 11.1 Å². The lowest BCUT2D eigenvalue weighted by atomic mass is 10.0. The minimum absolute atomic E-state index is 0.104. The number of unbranched alkanes of at least 4 members (excludes halogenated alkanes) is 7. The molecule has 124 valence electrons. The second kappa shape index (κ2) is 11.4. The van der Waals surface area contributed by atoms with Crippen molar-refractivity contribution in [1.82, 2.24) is 0 Å². The highest BCUT2D eigenvalue weighted by atomic mass is 32.2. The molecule has 0 aromatic rings. The fourth-order valence-electron chi connectivity index (χ4n) is 2.59. The molecule has 2 N–H and O–H groups in total. The molecule has 21 heavy (non-hydrogen) atoms. The quantitative estimate of drug-likeness (QED) is 0.461. The topological polar surface area (TPSA) is 52.3 Å². The molecule has 3 nitrogen and oxygen atoms in total. The Morgan fingerprint density at radius 2 is 1.76 bits per heavy atom. The normalized spacial score (nSPS) is 26.2. The Morgan fingerprint density at radius 1 is 1.14 bits per heavy atom. The Balaban J connectivity index is 1.87. The van der Waals surface area contributed by atoms with Crippen molar-refractivity contribution in [3.05, 3.63) is 12.2 Å². The van der Waals surface area contributed by atoms with Gasteiger partial charge in [0.2, 0.25) is 0 Å². The summed E-state index contributed by atoms with van der Waals surface area (Å²) in [5, 5.41) is 0. The van der Waals surface area contributed by atoms with Gasteiger partial charge in [-0.3, -0.25) is 4.18 Å². The number of hydrogen-bond acceptors (Lipinski definition) is 3. The Labute approximate surface area is 133 Å². The molecule has 0 amide bonds. The van der Waals surface area contributed by atoms with Gasteiger partial charge in [-0.1, -0.05) is 70.9 Å². The Bertz CT molecular complexity index is 318. The average molecular weight is 316 g/mol. The van der Waals surface area contributed by atoms with Crippen LogP contribution in [0, 0.1) is 5.92 Å². The van der Waals surface area contributed by atoms with Gasteiger partial charge in [0, 0.05) is 6.04 Å². The minimum atomic E-state index is -1.18. The second-order valence-corrected chi connectivity index (χ2v) is 7.70. The Morgan fingerprint density at radius 3 is 2.33 bits per heavy atom. The van der Waals surface area contributed by atoms with Gasteiger partial charge in [-0.15, -0.1) is 0 Å². The van der Waals surface area contributed by atoms with Gasteiger partial charge in [0.1, 0.15) is 6.10 Å². The molecule has 1 rings (SSSR count). The van der Waals surface area contributed by atoms with E-state index in [1.54, 1.807) is 0 Å². The van der Waals surface area contributed by atoms with E-state index in [1.165, 1.54) is 51.4 Å². The molecule has 0 radical (unpaired) electrons. The second-order valence-electron chi connectivity index (χ2n) is 6.57. The van der Waals surface area contributed by atoms with Crippen LogP contribution in [0.4, 0.5) is 0 Å². The third kappa shape index (κ3) is 9.43. The highest BCUT2D eigenvalue weighted by molar-refractivity contribution is 7.80. The van der Waals surface area contributed by atoms with Crippen LogP contribution in [0.25, 0.3) is 0 Å². The number of nitrogens with two attached hydrogens (primary N) is 1. The molecule has 1 aliphatic heterocycles. The zero-order chi connectivity index (χ0) is 15.5. The van der Waals surface area contributed by atoms with E-state index in [0.717, 1.165) is 12.3 Å². The van der Waals surface area contributed by atoms with Gasteiger partial charge in [0.25, 0.3) is 0 Å². The first-order valence-corrected chi connectivity index (χ1v) is 9.81. The molecule has 0 spiro atoms. The summed E-state index contributed by atoms with van der Waals surface area (Å²) in [6, 6.07) is -0.104. The minimum Gasteiger partial charge on any atom is -0.324 e. The molecular weight excluding hydrogens is 282 g/mol. The summed E-state index contributed by atoms with van der Waals surface area (Å²) in [5.41, 5.74) is 5.84. The highest BCUT2D eigenvalue weighted by Gasteiger charge is 2.28. The molecule has 3 atom stereocenters. The lowest BCUT2D eigenvalue weighted by Crippen LogP contribution is -2.30. The lowest BCUT2D eigenvalue weighted by Gasteiger charge is -2.06. The van der Waals surface area contributed by atoms with Crippen LogP contribution in [0.3, 0.4) is 0 Å². The van der Waals surface area contributed by atoms with Crippen molar-refractivity contribution >= 4 is 11.1 Å². The SMILES string of the molecule is CC(C)CCCCCCCCC/C=C/[C@H]1OS(=O)C[C@@H]1N. The van der Waals surface area contributed by atoms with Crippen LogP contribution in [-0.2, 0) is 15.3 Å². The predicted octanol–water partition coefficient (Wildman–Crippen LogP) is 4.10. The number of hydrogen-bond donors (Lipinski definition) is 1. The van der Waals surface area contributed by atoms with Crippen molar-refractivity contribution in [2.45, 2.75) is 83.8 Å². The number of allylic oxidation sites excluding steroid dienone is 1. The van der Waals surface area contributed by atoms with E-state index in [4.69, 9.17) is 9.92 Å². The molecule has 0 saturated carbocycles. The molecule has 0 aliphatic carbocycles. The van der Waals surface area contributed by atoms with Gasteiger partial charge in [0.05, 0.1) is 5.75 Å². The zero-order valence-electron chi connectivity index (χ0n) is 13.8. The van der Waals surface area contributed by atoms with Crippen molar-refractivity contribution < 1.29 is 8.39 Å². The fourth-order valence-corrected chi connectivity index (χ4v) is 3.63. The molecule has 1 unspecified atom stereocenters. The Hall–Kier alpha value is -0.190.